The summed E-state index contributed by atoms with van der Waals surface area (Å²) in [6, 6.07) is 8.09. The van der Waals surface area contributed by atoms with E-state index in [9.17, 15) is 9.59 Å². The molecule has 1 N–H and O–H groups in total. The molecule has 4 heterocycles. The smallest absolute Gasteiger partial charge is 0.245 e. The van der Waals surface area contributed by atoms with Crippen molar-refractivity contribution < 1.29 is 9.59 Å². The van der Waals surface area contributed by atoms with E-state index in [4.69, 9.17) is 0 Å². The van der Waals surface area contributed by atoms with Crippen LogP contribution in [0.1, 0.15) is 0 Å². The van der Waals surface area contributed by atoms with Gasteiger partial charge in [0, 0.05) is 4.88 Å². The highest BCUT2D eigenvalue weighted by atomic mass is 32.2. The lowest BCUT2D eigenvalue weighted by Gasteiger charge is -2.12. The third-order valence-electron chi connectivity index (χ3n) is 3.53. The number of rotatable bonds is 5. The van der Waals surface area contributed by atoms with Crippen molar-refractivity contribution >= 4 is 62.7 Å². The predicted molar refractivity (Wildman–Crippen MR) is 106 cm³/mol. The molecule has 0 bridgehead atoms. The van der Waals surface area contributed by atoms with Gasteiger partial charge >= 0.3 is 0 Å². The van der Waals surface area contributed by atoms with E-state index in [0.29, 0.717) is 16.8 Å². The largest absolute Gasteiger partial charge is 0.323 e. The number of carbonyl (C=O) groups is 2. The van der Waals surface area contributed by atoms with E-state index in [1.165, 1.54) is 23.1 Å². The van der Waals surface area contributed by atoms with E-state index in [1.807, 2.05) is 29.0 Å². The van der Waals surface area contributed by atoms with Crippen LogP contribution in [0.5, 0.6) is 0 Å². The van der Waals surface area contributed by atoms with Crippen LogP contribution in [0.15, 0.2) is 35.0 Å². The Bertz CT molecular complexity index is 835. The maximum absolute atomic E-state index is 12.3. The Morgan fingerprint density at radius 3 is 2.60 bits per heavy atom. The molecule has 0 aromatic carbocycles. The molecule has 1 aliphatic rings. The van der Waals surface area contributed by atoms with Gasteiger partial charge in [-0.05, 0) is 22.9 Å². The SMILES string of the molecule is O=C(CN1CSCC1=O)Nc1nc(-c2cccs2)c(-c2cccs2)s1. The Morgan fingerprint density at radius 1 is 1.20 bits per heavy atom. The first kappa shape index (κ1) is 16.8. The number of aromatic nitrogens is 1. The molecule has 5 nitrogen and oxygen atoms in total. The van der Waals surface area contributed by atoms with Gasteiger partial charge in [-0.1, -0.05) is 23.5 Å². The topological polar surface area (TPSA) is 62.3 Å². The minimum atomic E-state index is -0.208. The molecule has 1 aliphatic heterocycles. The zero-order chi connectivity index (χ0) is 17.2. The summed E-state index contributed by atoms with van der Waals surface area (Å²) in [6.45, 7) is 0.0775. The molecule has 3 aromatic rings. The van der Waals surface area contributed by atoms with E-state index in [-0.39, 0.29) is 18.4 Å². The van der Waals surface area contributed by atoms with Gasteiger partial charge in [0.05, 0.1) is 21.4 Å². The highest BCUT2D eigenvalue weighted by Crippen LogP contribution is 2.42. The van der Waals surface area contributed by atoms with Crippen LogP contribution in [0.4, 0.5) is 5.13 Å². The van der Waals surface area contributed by atoms with Gasteiger partial charge in [-0.2, -0.15) is 0 Å². The van der Waals surface area contributed by atoms with Gasteiger partial charge in [0.2, 0.25) is 11.8 Å². The molecule has 128 valence electrons. The van der Waals surface area contributed by atoms with Crippen LogP contribution in [0, 0.1) is 0 Å². The van der Waals surface area contributed by atoms with E-state index in [2.05, 4.69) is 16.4 Å². The lowest BCUT2D eigenvalue weighted by molar-refractivity contribution is -0.130. The number of hydrogen-bond donors (Lipinski definition) is 1. The number of anilines is 1. The number of nitrogens with zero attached hydrogens (tertiary/aromatic N) is 2. The second-order valence-corrected chi connectivity index (χ2v) is 9.12. The standard InChI is InChI=1S/C16H13N3O2S4/c20-12(7-19-9-22-8-13(19)21)17-16-18-14(10-3-1-5-23-10)15(25-16)11-4-2-6-24-11/h1-6H,7-9H2,(H,17,18,20). The molecule has 2 amide bonds. The molecule has 0 radical (unpaired) electrons. The van der Waals surface area contributed by atoms with Crippen LogP contribution in [0.25, 0.3) is 20.3 Å². The third-order valence-corrected chi connectivity index (χ3v) is 7.38. The van der Waals surface area contributed by atoms with Crippen molar-refractivity contribution in [1.82, 2.24) is 9.88 Å². The first-order chi connectivity index (χ1) is 12.2. The van der Waals surface area contributed by atoms with Crippen molar-refractivity contribution in [2.45, 2.75) is 0 Å². The minimum Gasteiger partial charge on any atom is -0.323 e. The van der Waals surface area contributed by atoms with E-state index in [0.717, 1.165) is 20.3 Å². The molecule has 1 saturated heterocycles. The Labute approximate surface area is 160 Å². The van der Waals surface area contributed by atoms with Crippen molar-refractivity contribution in [3.05, 3.63) is 35.0 Å². The number of thiazole rings is 1. The predicted octanol–water partition coefficient (Wildman–Crippen LogP) is 4.07. The maximum Gasteiger partial charge on any atom is 0.245 e. The molecule has 25 heavy (non-hydrogen) atoms. The Kier molecular flexibility index (Phi) is 4.89. The molecule has 0 saturated carbocycles. The summed E-state index contributed by atoms with van der Waals surface area (Å²) in [7, 11) is 0. The molecule has 1 fully saturated rings. The summed E-state index contributed by atoms with van der Waals surface area (Å²) in [4.78, 5) is 33.4. The molecule has 3 aromatic heterocycles. The molecule has 4 rings (SSSR count). The Hall–Kier alpha value is -1.68. The second kappa shape index (κ2) is 7.28. The van der Waals surface area contributed by atoms with Gasteiger partial charge in [0.15, 0.2) is 5.13 Å². The number of hydrogen-bond acceptors (Lipinski definition) is 7. The van der Waals surface area contributed by atoms with Gasteiger partial charge in [-0.15, -0.1) is 34.4 Å². The minimum absolute atomic E-state index is 0.0119. The highest BCUT2D eigenvalue weighted by Gasteiger charge is 2.24. The number of carbonyl (C=O) groups excluding carboxylic acids is 2. The maximum atomic E-state index is 12.3. The fraction of sp³-hybridized carbons (Fsp3) is 0.188. The monoisotopic (exact) mass is 407 g/mol. The van der Waals surface area contributed by atoms with E-state index >= 15 is 0 Å². The highest BCUT2D eigenvalue weighted by molar-refractivity contribution is 8.00. The van der Waals surface area contributed by atoms with Gasteiger partial charge < -0.3 is 10.2 Å². The zero-order valence-corrected chi connectivity index (χ0v) is 16.2. The van der Waals surface area contributed by atoms with Crippen molar-refractivity contribution in [3.8, 4) is 20.3 Å². The fourth-order valence-electron chi connectivity index (χ4n) is 2.40. The summed E-state index contributed by atoms with van der Waals surface area (Å²) >= 11 is 6.28. The van der Waals surface area contributed by atoms with Crippen molar-refractivity contribution in [3.63, 3.8) is 0 Å². The summed E-state index contributed by atoms with van der Waals surface area (Å²) < 4.78 is 0. The van der Waals surface area contributed by atoms with Crippen LogP contribution >= 0.6 is 45.8 Å². The number of nitrogens with one attached hydrogen (secondary N) is 1. The Balaban J connectivity index is 1.57. The summed E-state index contributed by atoms with van der Waals surface area (Å²) in [5.74, 6) is 0.832. The van der Waals surface area contributed by atoms with Crippen LogP contribution in [-0.4, -0.2) is 39.9 Å². The zero-order valence-electron chi connectivity index (χ0n) is 12.9. The van der Waals surface area contributed by atoms with E-state index < -0.39 is 0 Å². The molecular weight excluding hydrogens is 394 g/mol. The average molecular weight is 408 g/mol. The van der Waals surface area contributed by atoms with Crippen LogP contribution in [0.3, 0.4) is 0 Å². The van der Waals surface area contributed by atoms with Crippen molar-refractivity contribution in [2.24, 2.45) is 0 Å². The lowest BCUT2D eigenvalue weighted by Crippen LogP contribution is -2.34. The molecule has 0 atom stereocenters. The van der Waals surface area contributed by atoms with Gasteiger partial charge in [0.25, 0.3) is 0 Å². The summed E-state index contributed by atoms with van der Waals surface area (Å²) in [5.41, 5.74) is 0.894. The quantitative estimate of drug-likeness (QED) is 0.692. The Morgan fingerprint density at radius 2 is 1.96 bits per heavy atom. The number of amides is 2. The lowest BCUT2D eigenvalue weighted by atomic mass is 10.3. The fourth-order valence-corrected chi connectivity index (χ4v) is 5.94. The van der Waals surface area contributed by atoms with E-state index in [1.54, 1.807) is 27.6 Å². The van der Waals surface area contributed by atoms with Crippen molar-refractivity contribution in [2.75, 3.05) is 23.5 Å². The molecule has 0 aliphatic carbocycles. The van der Waals surface area contributed by atoms with Crippen LogP contribution in [-0.2, 0) is 9.59 Å². The first-order valence-electron chi connectivity index (χ1n) is 7.44. The second-order valence-electron chi connectivity index (χ2n) is 5.27. The van der Waals surface area contributed by atoms with Crippen LogP contribution in [0.2, 0.25) is 0 Å². The molecule has 0 unspecified atom stereocenters. The average Bonchev–Trinajstić information content (AvgIpc) is 3.35. The van der Waals surface area contributed by atoms with Gasteiger partial charge in [-0.25, -0.2) is 4.98 Å². The molecule has 0 spiro atoms. The number of thiophene rings is 2. The third kappa shape index (κ3) is 3.64. The van der Waals surface area contributed by atoms with Gasteiger partial charge in [-0.3, -0.25) is 9.59 Å². The molecule has 9 heteroatoms. The van der Waals surface area contributed by atoms with Crippen LogP contribution < -0.4 is 5.32 Å². The summed E-state index contributed by atoms with van der Waals surface area (Å²) in [5, 5.41) is 7.46. The number of thioether (sulfide) groups is 1. The molecular formula is C16H13N3O2S4. The normalized spacial score (nSPS) is 14.2. The van der Waals surface area contributed by atoms with Crippen molar-refractivity contribution in [1.29, 1.82) is 0 Å². The summed E-state index contributed by atoms with van der Waals surface area (Å²) in [6.07, 6.45) is 0. The first-order valence-corrected chi connectivity index (χ1v) is 11.2. The van der Waals surface area contributed by atoms with Gasteiger partial charge in [0.1, 0.15) is 12.2 Å².